The standard InChI is InChI=1S/2C20H24ClN3S.2C4H4O4/c2*1-22-11-13-23(14-12-22)9-4-10-24-17-5-2-3-6-19(17)25-20-8-7-16(21)15-18(20)24;2*5-3(6)1-2-4(7)8/h2*2-3,5-8,15H,4,9-14H2,1H3;2*1-2H,(H,5,6)(H,7,8)/b;;2*2-1-. The summed E-state index contributed by atoms with van der Waals surface area (Å²) in [7, 11) is 4.42. The Labute approximate surface area is 404 Å². The van der Waals surface area contributed by atoms with Gasteiger partial charge in [-0.05, 0) is 101 Å². The average molecular weight is 980 g/mol. The van der Waals surface area contributed by atoms with Gasteiger partial charge in [0.1, 0.15) is 0 Å². The summed E-state index contributed by atoms with van der Waals surface area (Å²) in [6.45, 7) is 13.8. The van der Waals surface area contributed by atoms with Crippen LogP contribution in [0.5, 0.6) is 0 Å². The third-order valence-corrected chi connectivity index (χ3v) is 13.5. The summed E-state index contributed by atoms with van der Waals surface area (Å²) in [4.78, 5) is 58.4. The number of anilines is 4. The summed E-state index contributed by atoms with van der Waals surface area (Å²) >= 11 is 16.3. The zero-order valence-corrected chi connectivity index (χ0v) is 40.1. The second-order valence-electron chi connectivity index (χ2n) is 15.7. The molecule has 0 atom stereocenters. The number of likely N-dealkylation sites (N-methyl/N-ethyl adjacent to an activating group) is 2. The Morgan fingerprint density at radius 3 is 1.12 bits per heavy atom. The Kier molecular flexibility index (Phi) is 20.7. The van der Waals surface area contributed by atoms with Gasteiger partial charge < -0.3 is 49.8 Å². The fraction of sp³-hybridized carbons (Fsp3) is 0.333. The molecule has 0 spiro atoms. The Morgan fingerprint density at radius 2 is 0.788 bits per heavy atom. The topological polar surface area (TPSA) is 169 Å². The maximum atomic E-state index is 9.55. The van der Waals surface area contributed by atoms with Gasteiger partial charge >= 0.3 is 23.9 Å². The largest absolute Gasteiger partial charge is 0.478 e. The number of nitrogens with zero attached hydrogens (tertiary/aromatic N) is 6. The maximum Gasteiger partial charge on any atom is 0.328 e. The lowest BCUT2D eigenvalue weighted by molar-refractivity contribution is -0.134. The molecule has 352 valence electrons. The first-order valence-corrected chi connectivity index (χ1v) is 23.8. The number of carbonyl (C=O) groups is 4. The number of aliphatic carboxylic acids is 4. The summed E-state index contributed by atoms with van der Waals surface area (Å²) in [6, 6.07) is 29.9. The van der Waals surface area contributed by atoms with E-state index in [1.807, 2.05) is 35.7 Å². The van der Waals surface area contributed by atoms with Crippen molar-refractivity contribution in [1.82, 2.24) is 19.6 Å². The molecule has 0 radical (unpaired) electrons. The van der Waals surface area contributed by atoms with Crippen LogP contribution in [0.15, 0.2) is 129 Å². The minimum Gasteiger partial charge on any atom is -0.478 e. The smallest absolute Gasteiger partial charge is 0.328 e. The van der Waals surface area contributed by atoms with Crippen LogP contribution in [0, 0.1) is 0 Å². The van der Waals surface area contributed by atoms with Crippen molar-refractivity contribution in [1.29, 1.82) is 0 Å². The molecule has 14 nitrogen and oxygen atoms in total. The van der Waals surface area contributed by atoms with Crippen molar-refractivity contribution in [2.24, 2.45) is 0 Å². The highest BCUT2D eigenvalue weighted by atomic mass is 35.5. The van der Waals surface area contributed by atoms with Gasteiger partial charge in [-0.2, -0.15) is 0 Å². The molecular formula is C48H56Cl2N6O8S2. The number of fused-ring (bicyclic) bond motifs is 4. The first-order chi connectivity index (χ1) is 31.7. The Bertz CT molecular complexity index is 2150. The predicted molar refractivity (Wildman–Crippen MR) is 264 cm³/mol. The van der Waals surface area contributed by atoms with Crippen LogP contribution < -0.4 is 9.80 Å². The number of para-hydroxylation sites is 2. The van der Waals surface area contributed by atoms with E-state index in [-0.39, 0.29) is 0 Å². The lowest BCUT2D eigenvalue weighted by atomic mass is 10.2. The van der Waals surface area contributed by atoms with Gasteiger partial charge in [0, 0.05) is 119 Å². The van der Waals surface area contributed by atoms with Gasteiger partial charge in [0.2, 0.25) is 0 Å². The van der Waals surface area contributed by atoms with E-state index < -0.39 is 23.9 Å². The normalized spacial score (nSPS) is 16.0. The monoisotopic (exact) mass is 978 g/mol. The van der Waals surface area contributed by atoms with E-state index in [2.05, 4.69) is 116 Å². The van der Waals surface area contributed by atoms with Crippen molar-refractivity contribution in [3.05, 3.63) is 119 Å². The number of carboxylic acid groups (broad SMARTS) is 4. The molecule has 0 bridgehead atoms. The van der Waals surface area contributed by atoms with E-state index in [1.54, 1.807) is 0 Å². The lowest BCUT2D eigenvalue weighted by Crippen LogP contribution is -2.45. The SMILES string of the molecule is CN1CCN(CCCN2c3ccccc3Sc3ccc(Cl)cc32)CC1.CN1CCN(CCCN2c3ccccc3Sc3ccc(Cl)cc32)CC1.O=C(O)/C=C\C(=O)O.O=C(O)/C=C\C(=O)O. The third kappa shape index (κ3) is 16.7. The Hall–Kier alpha value is -5.04. The van der Waals surface area contributed by atoms with E-state index in [1.165, 1.54) is 94.7 Å². The Balaban J connectivity index is 0.000000188. The van der Waals surface area contributed by atoms with Gasteiger partial charge in [0.25, 0.3) is 0 Å². The number of rotatable bonds is 12. The molecule has 8 rings (SSSR count). The fourth-order valence-corrected chi connectivity index (χ4v) is 9.90. The Morgan fingerprint density at radius 1 is 0.470 bits per heavy atom. The molecule has 0 aromatic heterocycles. The van der Waals surface area contributed by atoms with Crippen molar-refractivity contribution in [3.63, 3.8) is 0 Å². The zero-order valence-electron chi connectivity index (χ0n) is 37.0. The molecule has 0 saturated carbocycles. The average Bonchev–Trinajstić information content (AvgIpc) is 3.29. The van der Waals surface area contributed by atoms with E-state index in [0.29, 0.717) is 24.3 Å². The van der Waals surface area contributed by atoms with Crippen molar-refractivity contribution in [2.75, 3.05) is 102 Å². The second-order valence-corrected chi connectivity index (χ2v) is 18.7. The van der Waals surface area contributed by atoms with Gasteiger partial charge in [0.05, 0.1) is 22.7 Å². The lowest BCUT2D eigenvalue weighted by Gasteiger charge is -2.35. The first-order valence-electron chi connectivity index (χ1n) is 21.4. The highest BCUT2D eigenvalue weighted by molar-refractivity contribution is 8.00. The van der Waals surface area contributed by atoms with E-state index in [9.17, 15) is 19.2 Å². The predicted octanol–water partition coefficient (Wildman–Crippen LogP) is 8.58. The number of halogens is 2. The molecule has 4 aliphatic rings. The number of hydrogen-bond donors (Lipinski definition) is 4. The van der Waals surface area contributed by atoms with Gasteiger partial charge in [-0.25, -0.2) is 19.2 Å². The molecule has 0 unspecified atom stereocenters. The number of piperazine rings is 2. The van der Waals surface area contributed by atoms with Gasteiger partial charge in [-0.1, -0.05) is 71.0 Å². The van der Waals surface area contributed by atoms with Crippen LogP contribution in [-0.4, -0.2) is 157 Å². The minimum absolute atomic E-state index is 0.558. The molecule has 4 aliphatic heterocycles. The highest BCUT2D eigenvalue weighted by Gasteiger charge is 2.25. The van der Waals surface area contributed by atoms with Crippen molar-refractivity contribution in [3.8, 4) is 0 Å². The third-order valence-electron chi connectivity index (χ3n) is 10.8. The minimum atomic E-state index is -1.26. The van der Waals surface area contributed by atoms with Crippen LogP contribution in [-0.2, 0) is 19.2 Å². The van der Waals surface area contributed by atoms with Crippen LogP contribution in [0.3, 0.4) is 0 Å². The summed E-state index contributed by atoms with van der Waals surface area (Å²) in [5, 5.41) is 32.9. The highest BCUT2D eigenvalue weighted by Crippen LogP contribution is 2.50. The summed E-state index contributed by atoms with van der Waals surface area (Å²) in [5.74, 6) is -5.03. The molecule has 4 heterocycles. The van der Waals surface area contributed by atoms with E-state index >= 15 is 0 Å². The molecule has 0 aliphatic carbocycles. The van der Waals surface area contributed by atoms with Crippen LogP contribution >= 0.6 is 46.7 Å². The summed E-state index contributed by atoms with van der Waals surface area (Å²) in [6.07, 6.45) is 4.55. The molecule has 4 aromatic carbocycles. The second kappa shape index (κ2) is 26.3. The molecular weight excluding hydrogens is 924 g/mol. The number of hydrogen-bond acceptors (Lipinski definition) is 12. The molecule has 4 N–H and O–H groups in total. The van der Waals surface area contributed by atoms with Crippen LogP contribution in [0.4, 0.5) is 22.7 Å². The first kappa shape index (κ1) is 51.9. The summed E-state index contributed by atoms with van der Waals surface area (Å²) in [5.41, 5.74) is 5.10. The fourth-order valence-electron chi connectivity index (χ4n) is 7.42. The van der Waals surface area contributed by atoms with Gasteiger partial charge in [-0.3, -0.25) is 0 Å². The zero-order chi connectivity index (χ0) is 47.6. The van der Waals surface area contributed by atoms with Gasteiger partial charge in [-0.15, -0.1) is 0 Å². The molecule has 18 heteroatoms. The quantitative estimate of drug-likeness (QED) is 0.0996. The molecule has 2 fully saturated rings. The van der Waals surface area contributed by atoms with E-state index in [4.69, 9.17) is 43.6 Å². The van der Waals surface area contributed by atoms with Crippen molar-refractivity contribution >= 4 is 93.4 Å². The molecule has 2 saturated heterocycles. The molecule has 0 amide bonds. The van der Waals surface area contributed by atoms with Crippen LogP contribution in [0.2, 0.25) is 10.0 Å². The summed E-state index contributed by atoms with van der Waals surface area (Å²) < 4.78 is 0. The molecule has 66 heavy (non-hydrogen) atoms. The van der Waals surface area contributed by atoms with Crippen LogP contribution in [0.1, 0.15) is 12.8 Å². The van der Waals surface area contributed by atoms with Crippen molar-refractivity contribution in [2.45, 2.75) is 32.4 Å². The molecule has 4 aromatic rings. The number of carboxylic acids is 4. The van der Waals surface area contributed by atoms with Crippen LogP contribution in [0.25, 0.3) is 0 Å². The van der Waals surface area contributed by atoms with Gasteiger partial charge in [0.15, 0.2) is 0 Å². The van der Waals surface area contributed by atoms with E-state index in [0.717, 1.165) is 49.1 Å². The maximum absolute atomic E-state index is 9.55. The van der Waals surface area contributed by atoms with Crippen molar-refractivity contribution < 1.29 is 39.6 Å². The number of benzene rings is 4.